The van der Waals surface area contributed by atoms with E-state index in [0.29, 0.717) is 11.5 Å². The SMILES string of the molecule is CC1=NC(C)OC1C.CC1=NC(C)SC1.CCC1=NC(C)OC1C.CCC1OC(C)N=C1C. The summed E-state index contributed by atoms with van der Waals surface area (Å²) in [5.74, 6) is 1.14. The van der Waals surface area contributed by atoms with Gasteiger partial charge in [-0.05, 0) is 75.2 Å². The highest BCUT2D eigenvalue weighted by Crippen LogP contribution is 2.18. The zero-order valence-corrected chi connectivity index (χ0v) is 23.4. The molecule has 33 heavy (non-hydrogen) atoms. The van der Waals surface area contributed by atoms with Crippen molar-refractivity contribution < 1.29 is 14.2 Å². The monoisotopic (exact) mass is 482 g/mol. The first-order valence-corrected chi connectivity index (χ1v) is 13.3. The Balaban J connectivity index is 0.000000221. The Morgan fingerprint density at radius 2 is 1.27 bits per heavy atom. The molecule has 0 aromatic carbocycles. The van der Waals surface area contributed by atoms with E-state index in [-0.39, 0.29) is 30.9 Å². The molecule has 7 nitrogen and oxygen atoms in total. The molecule has 0 fully saturated rings. The molecule has 0 saturated heterocycles. The summed E-state index contributed by atoms with van der Waals surface area (Å²) in [4.78, 5) is 17.0. The normalized spacial score (nSPS) is 34.6. The lowest BCUT2D eigenvalue weighted by Crippen LogP contribution is -2.15. The van der Waals surface area contributed by atoms with Gasteiger partial charge < -0.3 is 14.2 Å². The fourth-order valence-corrected chi connectivity index (χ4v) is 4.50. The zero-order valence-electron chi connectivity index (χ0n) is 22.6. The standard InChI is InChI=1S/2C7H13NO.C6H11NO.C5H9NS/c1-4-7-5(2)9-6(3)8-7;1-4-7-5(2)8-6(3)9-7;1-4-5(2)8-6(3)7-4;1-4-3-7-5(2)6-4/h5-6H,4H2,1-3H3;6-7H,4H2,1-3H3;5-6H,1-3H3;5H,3H2,1-2H3. The molecule has 0 aliphatic carbocycles. The van der Waals surface area contributed by atoms with E-state index in [2.05, 4.69) is 47.7 Å². The second-order valence-corrected chi connectivity index (χ2v) is 9.98. The molecule has 0 bridgehead atoms. The van der Waals surface area contributed by atoms with Crippen LogP contribution >= 0.6 is 11.8 Å². The highest BCUT2D eigenvalue weighted by atomic mass is 32.2. The summed E-state index contributed by atoms with van der Waals surface area (Å²) < 4.78 is 16.0. The Bertz CT molecular complexity index is 722. The van der Waals surface area contributed by atoms with Gasteiger partial charge in [-0.25, -0.2) is 0 Å². The first-order valence-electron chi connectivity index (χ1n) is 12.2. The maximum Gasteiger partial charge on any atom is 0.146 e. The van der Waals surface area contributed by atoms with Crippen LogP contribution in [0, 0.1) is 0 Å². The van der Waals surface area contributed by atoms with Crippen molar-refractivity contribution in [2.24, 2.45) is 20.0 Å². The van der Waals surface area contributed by atoms with E-state index in [0.717, 1.165) is 30.0 Å². The van der Waals surface area contributed by atoms with Gasteiger partial charge in [0.15, 0.2) is 0 Å². The summed E-state index contributed by atoms with van der Waals surface area (Å²) in [5, 5.41) is 0.528. The van der Waals surface area contributed by atoms with Gasteiger partial charge in [-0.3, -0.25) is 20.0 Å². The lowest BCUT2D eigenvalue weighted by Gasteiger charge is -2.06. The van der Waals surface area contributed by atoms with Crippen molar-refractivity contribution in [1.82, 2.24) is 0 Å². The van der Waals surface area contributed by atoms with E-state index in [1.54, 1.807) is 0 Å². The van der Waals surface area contributed by atoms with Crippen LogP contribution in [0.25, 0.3) is 0 Å². The third-order valence-electron chi connectivity index (χ3n) is 5.47. The van der Waals surface area contributed by atoms with E-state index in [4.69, 9.17) is 14.2 Å². The van der Waals surface area contributed by atoms with Gasteiger partial charge in [-0.2, -0.15) is 0 Å². The van der Waals surface area contributed by atoms with Crippen molar-refractivity contribution >= 4 is 34.6 Å². The highest BCUT2D eigenvalue weighted by Gasteiger charge is 2.20. The quantitative estimate of drug-likeness (QED) is 0.487. The summed E-state index contributed by atoms with van der Waals surface area (Å²) in [6.07, 6.45) is 3.12. The number of nitrogens with zero attached hydrogens (tertiary/aromatic N) is 4. The van der Waals surface area contributed by atoms with E-state index < -0.39 is 0 Å². The van der Waals surface area contributed by atoms with E-state index in [1.807, 2.05) is 60.2 Å². The second-order valence-electron chi connectivity index (χ2n) is 8.68. The number of rotatable bonds is 2. The van der Waals surface area contributed by atoms with E-state index >= 15 is 0 Å². The molecule has 0 aromatic rings. The second kappa shape index (κ2) is 15.0. The van der Waals surface area contributed by atoms with Crippen LogP contribution in [-0.2, 0) is 14.2 Å². The Morgan fingerprint density at radius 3 is 1.45 bits per heavy atom. The minimum Gasteiger partial charge on any atom is -0.348 e. The largest absolute Gasteiger partial charge is 0.348 e. The molecule has 4 rings (SSSR count). The maximum atomic E-state index is 5.42. The van der Waals surface area contributed by atoms with Crippen molar-refractivity contribution in [2.75, 3.05) is 5.75 Å². The molecule has 4 aliphatic rings. The third-order valence-corrected chi connectivity index (χ3v) is 6.65. The van der Waals surface area contributed by atoms with Crippen molar-refractivity contribution in [3.8, 4) is 0 Å². The van der Waals surface area contributed by atoms with E-state index in [1.165, 1.54) is 11.4 Å². The smallest absolute Gasteiger partial charge is 0.146 e. The predicted octanol–water partition coefficient (Wildman–Crippen LogP) is 5.96. The Labute approximate surface area is 206 Å². The van der Waals surface area contributed by atoms with Crippen LogP contribution in [0.5, 0.6) is 0 Å². The van der Waals surface area contributed by atoms with Crippen LogP contribution in [0.1, 0.15) is 89.0 Å². The Hall–Kier alpha value is -1.09. The number of hydrogen-bond donors (Lipinski definition) is 0. The molecule has 4 heterocycles. The molecule has 8 heteroatoms. The summed E-state index contributed by atoms with van der Waals surface area (Å²) in [6.45, 7) is 22.4. The van der Waals surface area contributed by atoms with Crippen molar-refractivity contribution in [2.45, 2.75) is 131 Å². The molecule has 0 spiro atoms. The van der Waals surface area contributed by atoms with Gasteiger partial charge in [-0.15, -0.1) is 11.8 Å². The van der Waals surface area contributed by atoms with Gasteiger partial charge in [-0.1, -0.05) is 13.8 Å². The molecule has 7 unspecified atom stereocenters. The van der Waals surface area contributed by atoms with Crippen molar-refractivity contribution in [3.05, 3.63) is 0 Å². The molecule has 0 N–H and O–H groups in total. The molecular formula is C25H46N4O3S. The van der Waals surface area contributed by atoms with Crippen LogP contribution in [0.2, 0.25) is 0 Å². The summed E-state index contributed by atoms with van der Waals surface area (Å²) in [7, 11) is 0. The van der Waals surface area contributed by atoms with Gasteiger partial charge in [0.2, 0.25) is 0 Å². The summed E-state index contributed by atoms with van der Waals surface area (Å²) in [6, 6.07) is 0. The lowest BCUT2D eigenvalue weighted by molar-refractivity contribution is 0.0605. The fourth-order valence-electron chi connectivity index (χ4n) is 3.69. The van der Waals surface area contributed by atoms with Gasteiger partial charge in [0.25, 0.3) is 0 Å². The summed E-state index contributed by atoms with van der Waals surface area (Å²) >= 11 is 1.90. The van der Waals surface area contributed by atoms with E-state index in [9.17, 15) is 0 Å². The molecule has 7 atom stereocenters. The van der Waals surface area contributed by atoms with Crippen LogP contribution in [0.4, 0.5) is 0 Å². The predicted molar refractivity (Wildman–Crippen MR) is 144 cm³/mol. The average molecular weight is 483 g/mol. The van der Waals surface area contributed by atoms with Crippen molar-refractivity contribution in [1.29, 1.82) is 0 Å². The molecule has 0 aromatic heterocycles. The minimum absolute atomic E-state index is 0.0880. The van der Waals surface area contributed by atoms with Crippen molar-refractivity contribution in [3.63, 3.8) is 0 Å². The van der Waals surface area contributed by atoms with Gasteiger partial charge in [0, 0.05) is 28.6 Å². The molecule has 0 saturated carbocycles. The maximum absolute atomic E-state index is 5.42. The highest BCUT2D eigenvalue weighted by molar-refractivity contribution is 8.00. The van der Waals surface area contributed by atoms with Crippen LogP contribution in [0.15, 0.2) is 20.0 Å². The van der Waals surface area contributed by atoms with Gasteiger partial charge >= 0.3 is 0 Å². The van der Waals surface area contributed by atoms with Gasteiger partial charge in [0.1, 0.15) is 18.7 Å². The number of ether oxygens (including phenoxy) is 3. The van der Waals surface area contributed by atoms with Crippen LogP contribution in [-0.4, -0.2) is 71.0 Å². The summed E-state index contributed by atoms with van der Waals surface area (Å²) in [5.41, 5.74) is 4.74. The number of hydrogen-bond acceptors (Lipinski definition) is 8. The van der Waals surface area contributed by atoms with Gasteiger partial charge in [0.05, 0.1) is 23.7 Å². The fraction of sp³-hybridized carbons (Fsp3) is 0.840. The minimum atomic E-state index is 0.0880. The molecular weight excluding hydrogens is 436 g/mol. The third kappa shape index (κ3) is 11.3. The first kappa shape index (κ1) is 29.9. The number of thioether (sulfide) groups is 1. The molecule has 0 amide bonds. The molecule has 0 radical (unpaired) electrons. The molecule has 4 aliphatic heterocycles. The average Bonchev–Trinajstić information content (AvgIpc) is 3.45. The first-order chi connectivity index (χ1) is 15.5. The Kier molecular flexibility index (Phi) is 13.6. The van der Waals surface area contributed by atoms with Crippen LogP contribution in [0.3, 0.4) is 0 Å². The Morgan fingerprint density at radius 1 is 0.727 bits per heavy atom. The number of aliphatic imine (C=N–C) groups is 4. The lowest BCUT2D eigenvalue weighted by atomic mass is 10.2. The topological polar surface area (TPSA) is 77.1 Å². The van der Waals surface area contributed by atoms with Crippen LogP contribution < -0.4 is 0 Å². The zero-order chi connectivity index (χ0) is 25.1. The molecule has 190 valence electrons.